The fraction of sp³-hybridized carbons (Fsp3) is 0.647. The van der Waals surface area contributed by atoms with Gasteiger partial charge in [0.15, 0.2) is 0 Å². The third-order valence-corrected chi connectivity index (χ3v) is 4.62. The molecule has 24 heavy (non-hydrogen) atoms. The molecule has 0 spiro atoms. The van der Waals surface area contributed by atoms with Gasteiger partial charge in [-0.15, -0.1) is 0 Å². The first-order valence-corrected chi connectivity index (χ1v) is 8.38. The van der Waals surface area contributed by atoms with Crippen LogP contribution in [0.3, 0.4) is 0 Å². The summed E-state index contributed by atoms with van der Waals surface area (Å²) in [6, 6.07) is 3.23. The first-order valence-electron chi connectivity index (χ1n) is 8.38. The summed E-state index contributed by atoms with van der Waals surface area (Å²) in [5.41, 5.74) is -0.172. The summed E-state index contributed by atoms with van der Waals surface area (Å²) >= 11 is 0. The Balaban J connectivity index is 2.07. The molecule has 0 aromatic carbocycles. The molecule has 0 unspecified atom stereocenters. The van der Waals surface area contributed by atoms with E-state index in [-0.39, 0.29) is 11.5 Å². The van der Waals surface area contributed by atoms with E-state index in [1.807, 2.05) is 27.7 Å². The van der Waals surface area contributed by atoms with Gasteiger partial charge in [0.1, 0.15) is 0 Å². The van der Waals surface area contributed by atoms with Crippen LogP contribution in [0, 0.1) is 0 Å². The number of rotatable bonds is 6. The number of aryl methyl sites for hydroxylation is 1. The van der Waals surface area contributed by atoms with Crippen molar-refractivity contribution in [2.75, 3.05) is 6.61 Å². The predicted molar refractivity (Wildman–Crippen MR) is 92.3 cm³/mol. The van der Waals surface area contributed by atoms with Crippen LogP contribution in [0.15, 0.2) is 23.1 Å². The van der Waals surface area contributed by atoms with Crippen molar-refractivity contribution in [3.05, 3.63) is 28.7 Å². The van der Waals surface area contributed by atoms with Gasteiger partial charge in [0.2, 0.25) is 5.56 Å². The molecule has 0 bridgehead atoms. The Morgan fingerprint density at radius 2 is 1.83 bits per heavy atom. The maximum Gasteiger partial charge on any atom is 0.496 e. The van der Waals surface area contributed by atoms with Gasteiger partial charge in [-0.2, -0.15) is 0 Å². The number of hydrogen-bond donors (Lipinski definition) is 0. The van der Waals surface area contributed by atoms with Gasteiger partial charge in [-0.1, -0.05) is 6.07 Å². The Labute approximate surface area is 143 Å². The lowest BCUT2D eigenvalue weighted by Crippen LogP contribution is -2.41. The topological polar surface area (TPSA) is 66.8 Å². The second-order valence-corrected chi connectivity index (χ2v) is 6.99. The van der Waals surface area contributed by atoms with Crippen molar-refractivity contribution in [1.82, 2.24) is 4.57 Å². The SMILES string of the molecule is CCOC(=O)CCCn1cc(B2OC(C)(C)C(C)(C)O2)ccc1=O. The maximum absolute atomic E-state index is 12.0. The van der Waals surface area contributed by atoms with Gasteiger partial charge in [-0.25, -0.2) is 0 Å². The standard InChI is InChI=1S/C17H26BNO5/c1-6-22-15(21)8-7-11-19-12-13(9-10-14(19)20)18-23-16(2,3)17(4,5)24-18/h9-10,12H,6-8,11H2,1-5H3. The van der Waals surface area contributed by atoms with Crippen LogP contribution in [0.5, 0.6) is 0 Å². The Kier molecular flexibility index (Phi) is 5.55. The highest BCUT2D eigenvalue weighted by Crippen LogP contribution is 2.36. The molecule has 1 aliphatic heterocycles. The van der Waals surface area contributed by atoms with Gasteiger partial charge in [0, 0.05) is 25.2 Å². The largest absolute Gasteiger partial charge is 0.496 e. The minimum Gasteiger partial charge on any atom is -0.466 e. The Morgan fingerprint density at radius 1 is 1.21 bits per heavy atom. The van der Waals surface area contributed by atoms with Crippen LogP contribution in [0.4, 0.5) is 0 Å². The Bertz CT molecular complexity index is 637. The van der Waals surface area contributed by atoms with Crippen molar-refractivity contribution in [2.24, 2.45) is 0 Å². The molecule has 1 saturated heterocycles. The lowest BCUT2D eigenvalue weighted by Gasteiger charge is -2.32. The van der Waals surface area contributed by atoms with Crippen molar-refractivity contribution in [3.8, 4) is 0 Å². The molecule has 0 amide bonds. The lowest BCUT2D eigenvalue weighted by atomic mass is 9.80. The molecular formula is C17H26BNO5. The molecule has 7 heteroatoms. The van der Waals surface area contributed by atoms with Crippen molar-refractivity contribution in [3.63, 3.8) is 0 Å². The zero-order chi connectivity index (χ0) is 18.0. The highest BCUT2D eigenvalue weighted by molar-refractivity contribution is 6.62. The van der Waals surface area contributed by atoms with Crippen molar-refractivity contribution in [1.29, 1.82) is 0 Å². The van der Waals surface area contributed by atoms with Gasteiger partial charge in [-0.05, 0) is 46.5 Å². The molecule has 2 rings (SSSR count). The number of ether oxygens (including phenoxy) is 1. The number of aromatic nitrogens is 1. The second kappa shape index (κ2) is 7.11. The zero-order valence-corrected chi connectivity index (χ0v) is 15.1. The normalized spacial score (nSPS) is 18.6. The summed E-state index contributed by atoms with van der Waals surface area (Å²) in [4.78, 5) is 23.4. The molecule has 6 nitrogen and oxygen atoms in total. The molecular weight excluding hydrogens is 309 g/mol. The molecule has 1 fully saturated rings. The van der Waals surface area contributed by atoms with Crippen LogP contribution < -0.4 is 11.0 Å². The maximum atomic E-state index is 12.0. The molecule has 0 atom stereocenters. The highest BCUT2D eigenvalue weighted by atomic mass is 16.7. The van der Waals surface area contributed by atoms with E-state index in [4.69, 9.17) is 14.0 Å². The number of hydrogen-bond acceptors (Lipinski definition) is 5. The zero-order valence-electron chi connectivity index (χ0n) is 15.1. The second-order valence-electron chi connectivity index (χ2n) is 6.99. The van der Waals surface area contributed by atoms with E-state index in [0.29, 0.717) is 26.0 Å². The minimum absolute atomic E-state index is 0.112. The highest BCUT2D eigenvalue weighted by Gasteiger charge is 2.51. The van der Waals surface area contributed by atoms with E-state index in [1.165, 1.54) is 6.07 Å². The number of nitrogens with zero attached hydrogens (tertiary/aromatic N) is 1. The molecule has 0 aliphatic carbocycles. The molecule has 1 aliphatic rings. The van der Waals surface area contributed by atoms with E-state index >= 15 is 0 Å². The van der Waals surface area contributed by atoms with Crippen LogP contribution >= 0.6 is 0 Å². The monoisotopic (exact) mass is 335 g/mol. The quantitative estimate of drug-likeness (QED) is 0.582. The van der Waals surface area contributed by atoms with Gasteiger partial charge in [0.05, 0.1) is 17.8 Å². The number of carbonyl (C=O) groups excluding carboxylic acids is 1. The van der Waals surface area contributed by atoms with Crippen LogP contribution in [0.1, 0.15) is 47.5 Å². The summed E-state index contributed by atoms with van der Waals surface area (Å²) in [6.45, 7) is 10.5. The van der Waals surface area contributed by atoms with Crippen LogP contribution in [-0.2, 0) is 25.4 Å². The number of pyridine rings is 1. The lowest BCUT2D eigenvalue weighted by molar-refractivity contribution is -0.143. The van der Waals surface area contributed by atoms with Gasteiger partial charge >= 0.3 is 13.1 Å². The Morgan fingerprint density at radius 3 is 2.42 bits per heavy atom. The van der Waals surface area contributed by atoms with Crippen molar-refractivity contribution >= 4 is 18.6 Å². The van der Waals surface area contributed by atoms with Gasteiger partial charge in [0.25, 0.3) is 0 Å². The Hall–Kier alpha value is -1.60. The summed E-state index contributed by atoms with van der Waals surface area (Å²) in [7, 11) is -0.507. The van der Waals surface area contributed by atoms with Crippen molar-refractivity contribution in [2.45, 2.75) is 65.2 Å². The van der Waals surface area contributed by atoms with Crippen LogP contribution in [0.2, 0.25) is 0 Å². The van der Waals surface area contributed by atoms with E-state index in [2.05, 4.69) is 0 Å². The summed E-state index contributed by atoms with van der Waals surface area (Å²) < 4.78 is 18.5. The minimum atomic E-state index is -0.507. The molecule has 0 radical (unpaired) electrons. The van der Waals surface area contributed by atoms with Crippen molar-refractivity contribution < 1.29 is 18.8 Å². The number of carbonyl (C=O) groups is 1. The van der Waals surface area contributed by atoms with E-state index in [0.717, 1.165) is 5.46 Å². The molecule has 0 saturated carbocycles. The number of esters is 1. The van der Waals surface area contributed by atoms with Gasteiger partial charge < -0.3 is 18.6 Å². The molecule has 0 N–H and O–H groups in total. The van der Waals surface area contributed by atoms with Crippen LogP contribution in [-0.4, -0.2) is 35.5 Å². The average Bonchev–Trinajstić information content (AvgIpc) is 2.69. The van der Waals surface area contributed by atoms with Crippen LogP contribution in [0.25, 0.3) is 0 Å². The third-order valence-electron chi connectivity index (χ3n) is 4.62. The average molecular weight is 335 g/mol. The summed E-state index contributed by atoms with van der Waals surface area (Å²) in [5.74, 6) is -0.243. The first kappa shape index (κ1) is 18.7. The molecule has 2 heterocycles. The smallest absolute Gasteiger partial charge is 0.466 e. The summed E-state index contributed by atoms with van der Waals surface area (Å²) in [6.07, 6.45) is 2.59. The summed E-state index contributed by atoms with van der Waals surface area (Å²) in [5, 5.41) is 0. The van der Waals surface area contributed by atoms with E-state index < -0.39 is 18.3 Å². The first-order chi connectivity index (χ1) is 11.2. The fourth-order valence-electron chi connectivity index (χ4n) is 2.47. The molecule has 132 valence electrons. The third kappa shape index (κ3) is 4.08. The molecule has 1 aromatic rings. The van der Waals surface area contributed by atoms with E-state index in [1.54, 1.807) is 23.8 Å². The molecule has 1 aromatic heterocycles. The predicted octanol–water partition coefficient (Wildman–Crippen LogP) is 1.49. The fourth-order valence-corrected chi connectivity index (χ4v) is 2.47. The van der Waals surface area contributed by atoms with Gasteiger partial charge in [-0.3, -0.25) is 9.59 Å². The van der Waals surface area contributed by atoms with E-state index in [9.17, 15) is 9.59 Å².